The van der Waals surface area contributed by atoms with Crippen molar-refractivity contribution in [1.29, 1.82) is 5.26 Å². The minimum atomic E-state index is -4.47. The number of carbonyl (C=O) groups excluding carboxylic acids is 1. The molecule has 2 heterocycles. The van der Waals surface area contributed by atoms with E-state index in [9.17, 15) is 23.3 Å². The van der Waals surface area contributed by atoms with Gasteiger partial charge in [-0.25, -0.2) is 18.4 Å². The summed E-state index contributed by atoms with van der Waals surface area (Å²) in [5.74, 6) is 0. The van der Waals surface area contributed by atoms with Crippen molar-refractivity contribution in [3.8, 4) is 17.2 Å². The van der Waals surface area contributed by atoms with Crippen molar-refractivity contribution < 1.29 is 42.8 Å². The van der Waals surface area contributed by atoms with Crippen LogP contribution in [0.25, 0.3) is 15.8 Å². The molecule has 0 radical (unpaired) electrons. The quantitative estimate of drug-likeness (QED) is 0.503. The summed E-state index contributed by atoms with van der Waals surface area (Å²) in [5.41, 5.74) is 3.46. The summed E-state index contributed by atoms with van der Waals surface area (Å²) in [4.78, 5) is 32.3. The van der Waals surface area contributed by atoms with E-state index in [1.54, 1.807) is 26.0 Å². The van der Waals surface area contributed by atoms with Crippen LogP contribution in [-0.2, 0) is 22.9 Å². The number of amides is 2. The molecule has 1 N–H and O–H groups in total. The van der Waals surface area contributed by atoms with Crippen molar-refractivity contribution in [3.63, 3.8) is 0 Å². The van der Waals surface area contributed by atoms with Crippen LogP contribution >= 0.6 is 0 Å². The molecule has 10 nitrogen and oxygen atoms in total. The number of nitrogens with one attached hydrogen (secondary N) is 1. The van der Waals surface area contributed by atoms with E-state index in [0.29, 0.717) is 23.2 Å². The molecule has 0 spiro atoms. The Hall–Kier alpha value is -3.04. The molecule has 0 unspecified atom stereocenters. The van der Waals surface area contributed by atoms with Crippen LogP contribution in [0, 0.1) is 11.3 Å². The number of fused-ring (bicyclic) bond motifs is 1. The molecule has 1 aliphatic rings. The fourth-order valence-electron chi connectivity index (χ4n) is 3.93. The Morgan fingerprint density at radius 1 is 1.23 bits per heavy atom. The van der Waals surface area contributed by atoms with Gasteiger partial charge in [0.05, 0.1) is 6.20 Å². The van der Waals surface area contributed by atoms with Crippen molar-refractivity contribution >= 4 is 21.7 Å². The standard InChI is InChI=1S/C23H22N6O4S.Na/c1-14(2)29-13-20(26-12-21(29)30)34(32,33)28-23(31)27-22-18-5-3-4-15(18)6-7-19(22)16-8-9-25-17(10-16)11-24;/h6-10,12-14H,3-5H2,1-2H3,(H2,25,27,28,31);/q;+1/p-1. The van der Waals surface area contributed by atoms with Gasteiger partial charge in [-0.3, -0.25) is 9.59 Å². The number of nitrogens with zero attached hydrogens (tertiary/aromatic N) is 5. The maximum Gasteiger partial charge on any atom is 1.00 e. The van der Waals surface area contributed by atoms with Gasteiger partial charge in [-0.1, -0.05) is 12.1 Å². The average Bonchev–Trinajstić information content (AvgIpc) is 3.28. The molecule has 3 aromatic rings. The van der Waals surface area contributed by atoms with Gasteiger partial charge in [0.2, 0.25) is 10.0 Å². The number of pyridine rings is 1. The Kier molecular flexibility index (Phi) is 8.12. The van der Waals surface area contributed by atoms with Gasteiger partial charge in [0.25, 0.3) is 5.56 Å². The van der Waals surface area contributed by atoms with Crippen LogP contribution in [-0.4, -0.2) is 29.0 Å². The van der Waals surface area contributed by atoms with Crippen LogP contribution in [0.4, 0.5) is 10.5 Å². The summed E-state index contributed by atoms with van der Waals surface area (Å²) in [6, 6.07) is 7.70. The molecule has 2 amide bonds. The molecule has 0 atom stereocenters. The zero-order chi connectivity index (χ0) is 24.5. The zero-order valence-corrected chi connectivity index (χ0v) is 22.3. The number of urea groups is 1. The van der Waals surface area contributed by atoms with Crippen LogP contribution in [0.3, 0.4) is 0 Å². The normalized spacial score (nSPS) is 12.4. The fraction of sp³-hybridized carbons (Fsp3) is 0.261. The van der Waals surface area contributed by atoms with Crippen LogP contribution < -0.4 is 40.4 Å². The summed E-state index contributed by atoms with van der Waals surface area (Å²) in [6.07, 6.45) is 5.91. The van der Waals surface area contributed by atoms with Crippen molar-refractivity contribution in [2.45, 2.75) is 44.2 Å². The van der Waals surface area contributed by atoms with E-state index in [0.717, 1.165) is 36.4 Å². The Morgan fingerprint density at radius 3 is 2.71 bits per heavy atom. The minimum absolute atomic E-state index is 0. The topological polar surface area (TPSA) is 149 Å². The summed E-state index contributed by atoms with van der Waals surface area (Å²) >= 11 is 0. The van der Waals surface area contributed by atoms with E-state index >= 15 is 0 Å². The van der Waals surface area contributed by atoms with Crippen LogP contribution in [0.5, 0.6) is 0 Å². The van der Waals surface area contributed by atoms with Gasteiger partial charge in [0, 0.05) is 18.4 Å². The van der Waals surface area contributed by atoms with E-state index in [-0.39, 0.29) is 41.3 Å². The Balaban J connectivity index is 0.00000342. The largest absolute Gasteiger partial charge is 1.00 e. The summed E-state index contributed by atoms with van der Waals surface area (Å²) in [5, 5.41) is 11.3. The average molecular weight is 501 g/mol. The van der Waals surface area contributed by atoms with Crippen molar-refractivity contribution in [1.82, 2.24) is 14.5 Å². The number of aryl methyl sites for hydroxylation is 1. The second-order valence-electron chi connectivity index (χ2n) is 8.08. The second-order valence-corrected chi connectivity index (χ2v) is 9.63. The molecule has 0 bridgehead atoms. The second kappa shape index (κ2) is 10.7. The predicted octanol–water partition coefficient (Wildman–Crippen LogP) is 0.545. The van der Waals surface area contributed by atoms with E-state index in [2.05, 4.69) is 20.0 Å². The molecule has 12 heteroatoms. The number of carbonyl (C=O) groups is 1. The molecule has 1 aliphatic carbocycles. The number of anilines is 1. The van der Waals surface area contributed by atoms with Gasteiger partial charge in [-0.05, 0) is 73.2 Å². The van der Waals surface area contributed by atoms with Crippen LogP contribution in [0.15, 0.2) is 52.7 Å². The first kappa shape index (κ1) is 26.6. The molecule has 2 aromatic heterocycles. The van der Waals surface area contributed by atoms with Gasteiger partial charge in [-0.2, -0.15) is 5.26 Å². The number of rotatable bonds is 5. The number of hydrogen-bond donors (Lipinski definition) is 1. The molecule has 174 valence electrons. The van der Waals surface area contributed by atoms with Gasteiger partial charge in [0.15, 0.2) is 11.1 Å². The first-order valence-electron chi connectivity index (χ1n) is 10.6. The van der Waals surface area contributed by atoms with Crippen molar-refractivity contribution in [2.75, 3.05) is 5.32 Å². The first-order valence-corrected chi connectivity index (χ1v) is 12.0. The molecule has 0 fully saturated rings. The van der Waals surface area contributed by atoms with Gasteiger partial charge >= 0.3 is 29.6 Å². The van der Waals surface area contributed by atoms with Crippen LogP contribution in [0.1, 0.15) is 43.1 Å². The van der Waals surface area contributed by atoms with E-state index in [4.69, 9.17) is 0 Å². The molecular weight excluding hydrogens is 479 g/mol. The van der Waals surface area contributed by atoms with E-state index in [1.807, 2.05) is 18.2 Å². The Bertz CT molecular complexity index is 1490. The molecule has 0 saturated heterocycles. The fourth-order valence-corrected chi connectivity index (χ4v) is 4.72. The smallest absolute Gasteiger partial charge is 0.423 e. The number of sulfonamides is 1. The molecule has 35 heavy (non-hydrogen) atoms. The number of hydrogen-bond acceptors (Lipinski definition) is 7. The summed E-state index contributed by atoms with van der Waals surface area (Å²) in [6.45, 7) is 3.44. The number of nitriles is 1. The first-order chi connectivity index (χ1) is 16.2. The maximum absolute atomic E-state index is 12.8. The summed E-state index contributed by atoms with van der Waals surface area (Å²) < 4.78 is 30.1. The predicted molar refractivity (Wildman–Crippen MR) is 125 cm³/mol. The summed E-state index contributed by atoms with van der Waals surface area (Å²) in [7, 11) is -4.47. The zero-order valence-electron chi connectivity index (χ0n) is 19.5. The monoisotopic (exact) mass is 500 g/mol. The molecule has 0 saturated carbocycles. The SMILES string of the molecule is CC(C)n1cc(S(=O)(=O)[N-]C(=O)Nc2c(-c3ccnc(C#N)c3)ccc3c2CCC3)ncc1=O.[Na+]. The third-order valence-electron chi connectivity index (χ3n) is 5.53. The van der Waals surface area contributed by atoms with Crippen molar-refractivity contribution in [3.05, 3.63) is 74.8 Å². The van der Waals surface area contributed by atoms with Gasteiger partial charge < -0.3 is 14.6 Å². The molecule has 4 rings (SSSR count). The maximum atomic E-state index is 12.8. The molecule has 0 aliphatic heterocycles. The Labute approximate surface area is 224 Å². The molecule has 1 aromatic carbocycles. The van der Waals surface area contributed by atoms with Crippen LogP contribution in [0.2, 0.25) is 0 Å². The van der Waals surface area contributed by atoms with Gasteiger partial charge in [-0.15, -0.1) is 0 Å². The number of benzene rings is 1. The third kappa shape index (κ3) is 5.62. The van der Waals surface area contributed by atoms with E-state index < -0.39 is 26.6 Å². The van der Waals surface area contributed by atoms with Gasteiger partial charge in [0.1, 0.15) is 11.8 Å². The number of aromatic nitrogens is 3. The molecular formula is C23H21N6NaO4S. The minimum Gasteiger partial charge on any atom is -0.423 e. The van der Waals surface area contributed by atoms with E-state index in [1.165, 1.54) is 10.8 Å². The van der Waals surface area contributed by atoms with Crippen molar-refractivity contribution in [2.24, 2.45) is 0 Å². The Morgan fingerprint density at radius 2 is 2.00 bits per heavy atom. The third-order valence-corrected chi connectivity index (χ3v) is 6.68.